The summed E-state index contributed by atoms with van der Waals surface area (Å²) < 4.78 is 11.5. The second-order valence-corrected chi connectivity index (χ2v) is 5.62. The summed E-state index contributed by atoms with van der Waals surface area (Å²) >= 11 is 0. The SMILES string of the molecule is CC1COC(C)C(CCC(C)(C)C)O1. The highest BCUT2D eigenvalue weighted by Crippen LogP contribution is 2.26. The van der Waals surface area contributed by atoms with Crippen molar-refractivity contribution in [2.45, 2.75) is 65.8 Å². The molecule has 0 aromatic carbocycles. The third kappa shape index (κ3) is 3.97. The summed E-state index contributed by atoms with van der Waals surface area (Å²) in [4.78, 5) is 0. The molecular formula is C12H24O2. The molecule has 1 aliphatic rings. The fraction of sp³-hybridized carbons (Fsp3) is 1.00. The molecular weight excluding hydrogens is 176 g/mol. The van der Waals surface area contributed by atoms with Crippen LogP contribution >= 0.6 is 0 Å². The summed E-state index contributed by atoms with van der Waals surface area (Å²) in [5, 5.41) is 0. The van der Waals surface area contributed by atoms with Crippen molar-refractivity contribution in [2.24, 2.45) is 5.41 Å². The van der Waals surface area contributed by atoms with Gasteiger partial charge in [-0.2, -0.15) is 0 Å². The summed E-state index contributed by atoms with van der Waals surface area (Å²) in [5.74, 6) is 0. The van der Waals surface area contributed by atoms with E-state index in [-0.39, 0.29) is 18.3 Å². The van der Waals surface area contributed by atoms with Gasteiger partial charge in [0.2, 0.25) is 0 Å². The lowest BCUT2D eigenvalue weighted by molar-refractivity contribution is -0.171. The van der Waals surface area contributed by atoms with Crippen LogP contribution in [0.3, 0.4) is 0 Å². The van der Waals surface area contributed by atoms with E-state index in [9.17, 15) is 0 Å². The topological polar surface area (TPSA) is 18.5 Å². The molecule has 0 amide bonds. The van der Waals surface area contributed by atoms with E-state index in [1.165, 1.54) is 6.42 Å². The normalized spacial score (nSPS) is 34.5. The van der Waals surface area contributed by atoms with Gasteiger partial charge in [0.05, 0.1) is 24.9 Å². The molecule has 0 aromatic rings. The summed E-state index contributed by atoms with van der Waals surface area (Å²) in [7, 11) is 0. The van der Waals surface area contributed by atoms with Crippen LogP contribution in [0.5, 0.6) is 0 Å². The van der Waals surface area contributed by atoms with Crippen LogP contribution in [-0.4, -0.2) is 24.9 Å². The Morgan fingerprint density at radius 1 is 1.21 bits per heavy atom. The van der Waals surface area contributed by atoms with E-state index < -0.39 is 0 Å². The number of ether oxygens (including phenoxy) is 2. The molecule has 84 valence electrons. The lowest BCUT2D eigenvalue weighted by atomic mass is 9.88. The van der Waals surface area contributed by atoms with Gasteiger partial charge >= 0.3 is 0 Å². The molecule has 0 saturated carbocycles. The molecule has 0 bridgehead atoms. The van der Waals surface area contributed by atoms with E-state index in [4.69, 9.17) is 9.47 Å². The average Bonchev–Trinajstić information content (AvgIpc) is 2.05. The Balaban J connectivity index is 2.35. The van der Waals surface area contributed by atoms with Crippen LogP contribution in [0.25, 0.3) is 0 Å². The average molecular weight is 200 g/mol. The first-order valence-corrected chi connectivity index (χ1v) is 5.65. The fourth-order valence-electron chi connectivity index (χ4n) is 1.72. The fourth-order valence-corrected chi connectivity index (χ4v) is 1.72. The molecule has 0 spiro atoms. The standard InChI is InChI=1S/C12H24O2/c1-9-8-13-10(2)11(14-9)6-7-12(3,4)5/h9-11H,6-8H2,1-5H3. The molecule has 2 heteroatoms. The van der Waals surface area contributed by atoms with Crippen molar-refractivity contribution in [3.8, 4) is 0 Å². The van der Waals surface area contributed by atoms with Crippen LogP contribution in [0.4, 0.5) is 0 Å². The first-order chi connectivity index (χ1) is 6.38. The number of hydrogen-bond donors (Lipinski definition) is 0. The van der Waals surface area contributed by atoms with Crippen LogP contribution in [0, 0.1) is 5.41 Å². The lowest BCUT2D eigenvalue weighted by Crippen LogP contribution is -2.41. The lowest BCUT2D eigenvalue weighted by Gasteiger charge is -2.35. The molecule has 14 heavy (non-hydrogen) atoms. The quantitative estimate of drug-likeness (QED) is 0.682. The van der Waals surface area contributed by atoms with Crippen LogP contribution in [0.1, 0.15) is 47.5 Å². The van der Waals surface area contributed by atoms with Gasteiger partial charge < -0.3 is 9.47 Å². The molecule has 3 atom stereocenters. The Labute approximate surface area is 88.0 Å². The maximum Gasteiger partial charge on any atom is 0.0838 e. The summed E-state index contributed by atoms with van der Waals surface area (Å²) in [5.41, 5.74) is 0.393. The van der Waals surface area contributed by atoms with Crippen molar-refractivity contribution in [2.75, 3.05) is 6.61 Å². The minimum absolute atomic E-state index is 0.258. The van der Waals surface area contributed by atoms with Gasteiger partial charge in [0.25, 0.3) is 0 Å². The van der Waals surface area contributed by atoms with Gasteiger partial charge in [-0.3, -0.25) is 0 Å². The van der Waals surface area contributed by atoms with Gasteiger partial charge in [-0.15, -0.1) is 0 Å². The maximum absolute atomic E-state index is 5.87. The highest BCUT2D eigenvalue weighted by Gasteiger charge is 2.27. The Kier molecular flexibility index (Phi) is 3.96. The zero-order valence-corrected chi connectivity index (χ0v) is 10.2. The summed E-state index contributed by atoms with van der Waals surface area (Å²) in [6.45, 7) is 11.7. The van der Waals surface area contributed by atoms with Crippen LogP contribution in [0.2, 0.25) is 0 Å². The Morgan fingerprint density at radius 3 is 2.43 bits per heavy atom. The predicted molar refractivity (Wildman–Crippen MR) is 58.4 cm³/mol. The van der Waals surface area contributed by atoms with Gasteiger partial charge in [0, 0.05) is 0 Å². The van der Waals surface area contributed by atoms with Gasteiger partial charge in [-0.1, -0.05) is 20.8 Å². The van der Waals surface area contributed by atoms with E-state index in [0.29, 0.717) is 5.41 Å². The largest absolute Gasteiger partial charge is 0.373 e. The second-order valence-electron chi connectivity index (χ2n) is 5.62. The molecule has 1 fully saturated rings. The van der Waals surface area contributed by atoms with E-state index in [1.54, 1.807) is 0 Å². The minimum atomic E-state index is 0.258. The van der Waals surface area contributed by atoms with Gasteiger partial charge in [-0.05, 0) is 32.1 Å². The van der Waals surface area contributed by atoms with E-state index in [2.05, 4.69) is 34.6 Å². The second kappa shape index (κ2) is 4.63. The molecule has 0 N–H and O–H groups in total. The van der Waals surface area contributed by atoms with Crippen molar-refractivity contribution in [1.29, 1.82) is 0 Å². The molecule has 2 nitrogen and oxygen atoms in total. The Morgan fingerprint density at radius 2 is 1.86 bits per heavy atom. The maximum atomic E-state index is 5.87. The Hall–Kier alpha value is -0.0800. The third-order valence-electron chi connectivity index (χ3n) is 2.70. The molecule has 0 radical (unpaired) electrons. The molecule has 1 rings (SSSR count). The van der Waals surface area contributed by atoms with Gasteiger partial charge in [-0.25, -0.2) is 0 Å². The van der Waals surface area contributed by atoms with Crippen LogP contribution in [-0.2, 0) is 9.47 Å². The predicted octanol–water partition coefficient (Wildman–Crippen LogP) is 3.01. The van der Waals surface area contributed by atoms with E-state index in [1.807, 2.05) is 0 Å². The minimum Gasteiger partial charge on any atom is -0.373 e. The first kappa shape index (κ1) is 12.0. The van der Waals surface area contributed by atoms with Crippen molar-refractivity contribution < 1.29 is 9.47 Å². The zero-order chi connectivity index (χ0) is 10.8. The third-order valence-corrected chi connectivity index (χ3v) is 2.70. The van der Waals surface area contributed by atoms with Crippen LogP contribution < -0.4 is 0 Å². The van der Waals surface area contributed by atoms with Crippen molar-refractivity contribution in [1.82, 2.24) is 0 Å². The summed E-state index contributed by atoms with van der Waals surface area (Å²) in [6, 6.07) is 0. The van der Waals surface area contributed by atoms with Gasteiger partial charge in [0.15, 0.2) is 0 Å². The molecule has 1 aliphatic heterocycles. The van der Waals surface area contributed by atoms with Gasteiger partial charge in [0.1, 0.15) is 0 Å². The number of rotatable bonds is 2. The van der Waals surface area contributed by atoms with Crippen molar-refractivity contribution >= 4 is 0 Å². The smallest absolute Gasteiger partial charge is 0.0838 e. The highest BCUT2D eigenvalue weighted by atomic mass is 16.6. The van der Waals surface area contributed by atoms with E-state index in [0.717, 1.165) is 13.0 Å². The van der Waals surface area contributed by atoms with E-state index >= 15 is 0 Å². The van der Waals surface area contributed by atoms with Crippen LogP contribution in [0.15, 0.2) is 0 Å². The molecule has 1 heterocycles. The Bertz CT molecular complexity index is 172. The zero-order valence-electron chi connectivity index (χ0n) is 10.2. The summed E-state index contributed by atoms with van der Waals surface area (Å²) in [6.07, 6.45) is 3.11. The number of hydrogen-bond acceptors (Lipinski definition) is 2. The van der Waals surface area contributed by atoms with Crippen molar-refractivity contribution in [3.05, 3.63) is 0 Å². The first-order valence-electron chi connectivity index (χ1n) is 5.65. The molecule has 0 aromatic heterocycles. The highest BCUT2D eigenvalue weighted by molar-refractivity contribution is 4.75. The molecule has 0 aliphatic carbocycles. The monoisotopic (exact) mass is 200 g/mol. The molecule has 1 saturated heterocycles. The molecule has 3 unspecified atom stereocenters. The van der Waals surface area contributed by atoms with Crippen molar-refractivity contribution in [3.63, 3.8) is 0 Å².